The first kappa shape index (κ1) is 12.5. The third kappa shape index (κ3) is 4.28. The number of nitrogens with two attached hydrogens (primary N) is 2. The topological polar surface area (TPSA) is 122 Å². The van der Waals surface area contributed by atoms with Gasteiger partial charge < -0.3 is 21.6 Å². The Morgan fingerprint density at radius 3 is 2.62 bits per heavy atom. The van der Waals surface area contributed by atoms with E-state index in [2.05, 4.69) is 20.7 Å². The zero-order chi connectivity index (χ0) is 11.8. The molecule has 0 aliphatic heterocycles. The van der Waals surface area contributed by atoms with Crippen molar-refractivity contribution < 1.29 is 5.11 Å². The van der Waals surface area contributed by atoms with Crippen molar-refractivity contribution in [2.75, 3.05) is 29.6 Å². The highest BCUT2D eigenvalue weighted by atomic mass is 16.2. The predicted molar refractivity (Wildman–Crippen MR) is 63.7 cm³/mol. The molecule has 0 saturated heterocycles. The molecule has 1 aromatic heterocycles. The highest BCUT2D eigenvalue weighted by Crippen LogP contribution is 2.11. The summed E-state index contributed by atoms with van der Waals surface area (Å²) in [6.07, 6.45) is 2.77. The summed E-state index contributed by atoms with van der Waals surface area (Å²) in [4.78, 5) is 7.88. The average Bonchev–Trinajstić information content (AvgIpc) is 2.28. The second kappa shape index (κ2) is 6.81. The lowest BCUT2D eigenvalue weighted by atomic mass is 10.2. The summed E-state index contributed by atoms with van der Waals surface area (Å²) >= 11 is 0. The van der Waals surface area contributed by atoms with E-state index in [1.54, 1.807) is 6.07 Å². The molecule has 7 N–H and O–H groups in total. The Balaban J connectivity index is 2.38. The summed E-state index contributed by atoms with van der Waals surface area (Å²) < 4.78 is 0. The Hall–Kier alpha value is -1.60. The number of nitrogen functional groups attached to an aromatic ring is 2. The van der Waals surface area contributed by atoms with E-state index in [-0.39, 0.29) is 12.6 Å². The van der Waals surface area contributed by atoms with Crippen LogP contribution in [0.4, 0.5) is 17.6 Å². The average molecular weight is 226 g/mol. The summed E-state index contributed by atoms with van der Waals surface area (Å²) in [6.45, 7) is 1.02. The van der Waals surface area contributed by atoms with Crippen LogP contribution in [-0.2, 0) is 0 Å². The number of hydrazine groups is 1. The largest absolute Gasteiger partial charge is 0.396 e. The Morgan fingerprint density at radius 2 is 1.94 bits per heavy atom. The minimum absolute atomic E-state index is 0.174. The minimum atomic E-state index is 0.174. The number of hydrogen-bond donors (Lipinski definition) is 5. The standard InChI is InChI=1S/C9H18N6O/c10-9-13-7(6-8(14-9)15-11)12-4-2-1-3-5-16/h6,16H,1-5,11H2,(H4,10,12,13,14,15). The molecule has 16 heavy (non-hydrogen) atoms. The number of anilines is 3. The molecule has 0 saturated carbocycles. The van der Waals surface area contributed by atoms with Crippen LogP contribution < -0.4 is 22.3 Å². The van der Waals surface area contributed by atoms with E-state index in [0.717, 1.165) is 25.8 Å². The van der Waals surface area contributed by atoms with Gasteiger partial charge in [-0.25, -0.2) is 5.84 Å². The highest BCUT2D eigenvalue weighted by Gasteiger charge is 2.00. The Kier molecular flexibility index (Phi) is 5.30. The van der Waals surface area contributed by atoms with Gasteiger partial charge in [0.1, 0.15) is 11.6 Å². The second-order valence-electron chi connectivity index (χ2n) is 3.35. The molecule has 0 aliphatic carbocycles. The van der Waals surface area contributed by atoms with Crippen molar-refractivity contribution >= 4 is 17.6 Å². The third-order valence-corrected chi connectivity index (χ3v) is 2.03. The summed E-state index contributed by atoms with van der Waals surface area (Å²) in [5, 5.41) is 11.7. The number of nitrogens with one attached hydrogen (secondary N) is 2. The van der Waals surface area contributed by atoms with Crippen LogP contribution in [0.5, 0.6) is 0 Å². The fourth-order valence-corrected chi connectivity index (χ4v) is 1.26. The molecule has 0 radical (unpaired) electrons. The van der Waals surface area contributed by atoms with Crippen molar-refractivity contribution in [1.29, 1.82) is 0 Å². The summed E-state index contributed by atoms with van der Waals surface area (Å²) in [7, 11) is 0. The first-order valence-electron chi connectivity index (χ1n) is 5.22. The van der Waals surface area contributed by atoms with Crippen LogP contribution in [0.1, 0.15) is 19.3 Å². The fourth-order valence-electron chi connectivity index (χ4n) is 1.26. The van der Waals surface area contributed by atoms with E-state index in [9.17, 15) is 0 Å². The van der Waals surface area contributed by atoms with Gasteiger partial charge >= 0.3 is 0 Å². The molecule has 1 heterocycles. The molecule has 0 aliphatic rings. The van der Waals surface area contributed by atoms with Crippen molar-refractivity contribution in [1.82, 2.24) is 9.97 Å². The van der Waals surface area contributed by atoms with E-state index in [0.29, 0.717) is 11.6 Å². The predicted octanol–water partition coefficient (Wildman–Crippen LogP) is -0.0811. The number of aliphatic hydroxyl groups excluding tert-OH is 1. The van der Waals surface area contributed by atoms with E-state index >= 15 is 0 Å². The number of nitrogens with zero attached hydrogens (tertiary/aromatic N) is 2. The fraction of sp³-hybridized carbons (Fsp3) is 0.556. The van der Waals surface area contributed by atoms with Gasteiger partial charge in [-0.3, -0.25) is 0 Å². The molecule has 1 aromatic rings. The Morgan fingerprint density at radius 1 is 1.19 bits per heavy atom. The maximum Gasteiger partial charge on any atom is 0.223 e. The van der Waals surface area contributed by atoms with E-state index in [1.807, 2.05) is 0 Å². The maximum atomic E-state index is 8.61. The van der Waals surface area contributed by atoms with Crippen LogP contribution in [0.25, 0.3) is 0 Å². The first-order valence-corrected chi connectivity index (χ1v) is 5.22. The lowest BCUT2D eigenvalue weighted by molar-refractivity contribution is 0.283. The van der Waals surface area contributed by atoms with Crippen molar-refractivity contribution in [3.63, 3.8) is 0 Å². The summed E-state index contributed by atoms with van der Waals surface area (Å²) in [5.41, 5.74) is 7.91. The number of hydrogen-bond acceptors (Lipinski definition) is 7. The van der Waals surface area contributed by atoms with Gasteiger partial charge in [-0.05, 0) is 19.3 Å². The monoisotopic (exact) mass is 226 g/mol. The molecule has 0 atom stereocenters. The molecule has 0 bridgehead atoms. The normalized spacial score (nSPS) is 10.1. The van der Waals surface area contributed by atoms with Crippen LogP contribution in [-0.4, -0.2) is 28.2 Å². The van der Waals surface area contributed by atoms with Crippen molar-refractivity contribution in [3.8, 4) is 0 Å². The van der Waals surface area contributed by atoms with Crippen LogP contribution in [0.3, 0.4) is 0 Å². The summed E-state index contributed by atoms with van der Waals surface area (Å²) in [5.74, 6) is 6.53. The van der Waals surface area contributed by atoms with Crippen LogP contribution >= 0.6 is 0 Å². The third-order valence-electron chi connectivity index (χ3n) is 2.03. The maximum absolute atomic E-state index is 8.61. The molecule has 1 rings (SSSR count). The SMILES string of the molecule is NNc1cc(NCCCCCO)nc(N)n1. The molecule has 90 valence electrons. The molecule has 0 amide bonds. The molecular weight excluding hydrogens is 208 g/mol. The number of aliphatic hydroxyl groups is 1. The van der Waals surface area contributed by atoms with Gasteiger partial charge in [-0.15, -0.1) is 0 Å². The van der Waals surface area contributed by atoms with Crippen LogP contribution in [0.2, 0.25) is 0 Å². The van der Waals surface area contributed by atoms with Gasteiger partial charge in [0.25, 0.3) is 0 Å². The zero-order valence-electron chi connectivity index (χ0n) is 9.11. The highest BCUT2D eigenvalue weighted by molar-refractivity contribution is 5.50. The molecular formula is C9H18N6O. The number of unbranched alkanes of at least 4 members (excludes halogenated alkanes) is 2. The number of aromatic nitrogens is 2. The van der Waals surface area contributed by atoms with E-state index in [1.165, 1.54) is 0 Å². The van der Waals surface area contributed by atoms with Gasteiger partial charge in [-0.1, -0.05) is 0 Å². The van der Waals surface area contributed by atoms with E-state index in [4.69, 9.17) is 16.7 Å². The lowest BCUT2D eigenvalue weighted by Gasteiger charge is -2.07. The Labute approximate surface area is 94.2 Å². The second-order valence-corrected chi connectivity index (χ2v) is 3.35. The first-order chi connectivity index (χ1) is 7.76. The lowest BCUT2D eigenvalue weighted by Crippen LogP contribution is -2.12. The van der Waals surface area contributed by atoms with Crippen molar-refractivity contribution in [2.45, 2.75) is 19.3 Å². The number of rotatable bonds is 7. The van der Waals surface area contributed by atoms with Gasteiger partial charge in [0, 0.05) is 19.2 Å². The smallest absolute Gasteiger partial charge is 0.223 e. The van der Waals surface area contributed by atoms with Crippen LogP contribution in [0.15, 0.2) is 6.07 Å². The molecule has 0 unspecified atom stereocenters. The van der Waals surface area contributed by atoms with Gasteiger partial charge in [0.15, 0.2) is 0 Å². The molecule has 0 fully saturated rings. The summed E-state index contributed by atoms with van der Waals surface area (Å²) in [6, 6.07) is 1.68. The van der Waals surface area contributed by atoms with Crippen molar-refractivity contribution in [3.05, 3.63) is 6.07 Å². The molecule has 7 nitrogen and oxygen atoms in total. The zero-order valence-corrected chi connectivity index (χ0v) is 9.11. The minimum Gasteiger partial charge on any atom is -0.396 e. The van der Waals surface area contributed by atoms with Crippen molar-refractivity contribution in [2.24, 2.45) is 5.84 Å². The molecule has 7 heteroatoms. The van der Waals surface area contributed by atoms with E-state index < -0.39 is 0 Å². The van der Waals surface area contributed by atoms with Gasteiger partial charge in [0.05, 0.1) is 0 Å². The van der Waals surface area contributed by atoms with Gasteiger partial charge in [0.2, 0.25) is 5.95 Å². The van der Waals surface area contributed by atoms with Gasteiger partial charge in [-0.2, -0.15) is 9.97 Å². The molecule has 0 spiro atoms. The Bertz CT molecular complexity index is 319. The quantitative estimate of drug-likeness (QED) is 0.250. The van der Waals surface area contributed by atoms with Crippen LogP contribution in [0, 0.1) is 0 Å². The molecule has 0 aromatic carbocycles.